The highest BCUT2D eigenvalue weighted by atomic mass is 16.3. The molecular weight excluding hydrogens is 350 g/mol. The SMILES string of the molecule is Cc1ccc(O)c(C)c1-n1c2nc(C)c(C3CCC3)cc2c2c(N)ncnc21. The van der Waals surface area contributed by atoms with Crippen molar-refractivity contribution in [2.75, 3.05) is 5.73 Å². The molecule has 28 heavy (non-hydrogen) atoms. The van der Waals surface area contributed by atoms with Crippen LogP contribution in [0.1, 0.15) is 47.6 Å². The molecule has 6 heteroatoms. The van der Waals surface area contributed by atoms with E-state index in [2.05, 4.69) is 23.0 Å². The van der Waals surface area contributed by atoms with Gasteiger partial charge in [-0.15, -0.1) is 0 Å². The number of anilines is 1. The van der Waals surface area contributed by atoms with Crippen LogP contribution < -0.4 is 5.73 Å². The van der Waals surface area contributed by atoms with Crippen LogP contribution in [0.15, 0.2) is 24.5 Å². The van der Waals surface area contributed by atoms with E-state index < -0.39 is 0 Å². The van der Waals surface area contributed by atoms with Crippen LogP contribution in [-0.4, -0.2) is 24.6 Å². The number of nitrogens with two attached hydrogens (primary N) is 1. The molecule has 0 saturated heterocycles. The van der Waals surface area contributed by atoms with Gasteiger partial charge in [0.05, 0.1) is 11.1 Å². The highest BCUT2D eigenvalue weighted by Crippen LogP contribution is 2.42. The van der Waals surface area contributed by atoms with Crippen molar-refractivity contribution in [1.29, 1.82) is 0 Å². The molecule has 0 spiro atoms. The standard InChI is InChI=1S/C22H23N5O/c1-11-7-8-17(28)12(2)19(11)27-21-16(18-20(23)24-10-25-22(18)27)9-15(13(3)26-21)14-5-4-6-14/h7-10,14,28H,4-6H2,1-3H3,(H2,23,24,25). The molecule has 4 aromatic rings. The Morgan fingerprint density at radius 1 is 1.11 bits per heavy atom. The summed E-state index contributed by atoms with van der Waals surface area (Å²) in [4.78, 5) is 13.8. The Hall–Kier alpha value is -3.15. The normalized spacial score (nSPS) is 14.7. The number of hydrogen-bond acceptors (Lipinski definition) is 5. The molecule has 5 rings (SSSR count). The first kappa shape index (κ1) is 17.0. The maximum absolute atomic E-state index is 10.3. The quantitative estimate of drug-likeness (QED) is 0.542. The molecule has 1 aromatic carbocycles. The Morgan fingerprint density at radius 3 is 2.61 bits per heavy atom. The number of hydrogen-bond donors (Lipinski definition) is 2. The molecule has 1 aliphatic carbocycles. The summed E-state index contributed by atoms with van der Waals surface area (Å²) in [5.74, 6) is 1.28. The fourth-order valence-electron chi connectivity index (χ4n) is 4.39. The number of pyridine rings is 1. The van der Waals surface area contributed by atoms with E-state index in [0.29, 0.717) is 11.7 Å². The summed E-state index contributed by atoms with van der Waals surface area (Å²) in [5.41, 5.74) is 12.9. The number of nitrogen functional groups attached to an aromatic ring is 1. The third-order valence-corrected chi connectivity index (χ3v) is 6.15. The highest BCUT2D eigenvalue weighted by Gasteiger charge is 2.26. The van der Waals surface area contributed by atoms with Gasteiger partial charge in [0, 0.05) is 16.6 Å². The number of aromatic nitrogens is 4. The molecule has 0 aliphatic heterocycles. The molecule has 0 radical (unpaired) electrons. The van der Waals surface area contributed by atoms with Crippen LogP contribution in [0.3, 0.4) is 0 Å². The largest absolute Gasteiger partial charge is 0.508 e. The maximum atomic E-state index is 10.3. The lowest BCUT2D eigenvalue weighted by atomic mass is 9.79. The summed E-state index contributed by atoms with van der Waals surface area (Å²) in [5, 5.41) is 12.1. The third-order valence-electron chi connectivity index (χ3n) is 6.15. The zero-order valence-electron chi connectivity index (χ0n) is 16.3. The number of phenols is 1. The summed E-state index contributed by atoms with van der Waals surface area (Å²) in [6, 6.07) is 5.86. The second-order valence-corrected chi connectivity index (χ2v) is 7.83. The van der Waals surface area contributed by atoms with Gasteiger partial charge in [0.15, 0.2) is 5.65 Å². The summed E-state index contributed by atoms with van der Waals surface area (Å²) >= 11 is 0. The van der Waals surface area contributed by atoms with Gasteiger partial charge >= 0.3 is 0 Å². The molecule has 142 valence electrons. The van der Waals surface area contributed by atoms with Crippen LogP contribution in [0.5, 0.6) is 5.75 Å². The van der Waals surface area contributed by atoms with E-state index in [4.69, 9.17) is 10.7 Å². The smallest absolute Gasteiger partial charge is 0.152 e. The van der Waals surface area contributed by atoms with Crippen molar-refractivity contribution in [3.8, 4) is 11.4 Å². The van der Waals surface area contributed by atoms with Crippen molar-refractivity contribution in [2.45, 2.75) is 46.0 Å². The van der Waals surface area contributed by atoms with Crippen LogP contribution in [0.2, 0.25) is 0 Å². The van der Waals surface area contributed by atoms with E-state index in [0.717, 1.165) is 44.6 Å². The predicted molar refractivity (Wildman–Crippen MR) is 111 cm³/mol. The lowest BCUT2D eigenvalue weighted by Gasteiger charge is -2.27. The second kappa shape index (κ2) is 5.92. The van der Waals surface area contributed by atoms with Crippen LogP contribution in [-0.2, 0) is 0 Å². The van der Waals surface area contributed by atoms with Gasteiger partial charge in [0.2, 0.25) is 0 Å². The van der Waals surface area contributed by atoms with E-state index in [1.165, 1.54) is 31.2 Å². The molecular formula is C22H23N5O. The monoisotopic (exact) mass is 373 g/mol. The van der Waals surface area contributed by atoms with E-state index in [1.54, 1.807) is 6.07 Å². The minimum atomic E-state index is 0.250. The summed E-state index contributed by atoms with van der Waals surface area (Å²) < 4.78 is 2.02. The molecule has 0 bridgehead atoms. The summed E-state index contributed by atoms with van der Waals surface area (Å²) in [7, 11) is 0. The number of rotatable bonds is 2. The Labute approximate surface area is 163 Å². The molecule has 3 N–H and O–H groups in total. The van der Waals surface area contributed by atoms with E-state index >= 15 is 0 Å². The predicted octanol–water partition coefficient (Wildman–Crippen LogP) is 4.45. The summed E-state index contributed by atoms with van der Waals surface area (Å²) in [6.07, 6.45) is 5.18. The molecule has 1 saturated carbocycles. The number of benzene rings is 1. The topological polar surface area (TPSA) is 89.8 Å². The Bertz CT molecular complexity index is 1250. The second-order valence-electron chi connectivity index (χ2n) is 7.83. The first-order chi connectivity index (χ1) is 13.5. The van der Waals surface area contributed by atoms with Gasteiger partial charge in [0.1, 0.15) is 23.5 Å². The Kier molecular flexibility index (Phi) is 3.59. The van der Waals surface area contributed by atoms with Crippen molar-refractivity contribution in [2.24, 2.45) is 0 Å². The van der Waals surface area contributed by atoms with Gasteiger partial charge in [-0.05, 0) is 62.8 Å². The molecule has 3 heterocycles. The van der Waals surface area contributed by atoms with Crippen LogP contribution >= 0.6 is 0 Å². The van der Waals surface area contributed by atoms with Gasteiger partial charge in [-0.2, -0.15) is 0 Å². The Morgan fingerprint density at radius 2 is 1.89 bits per heavy atom. The van der Waals surface area contributed by atoms with Crippen molar-refractivity contribution >= 4 is 27.9 Å². The van der Waals surface area contributed by atoms with Gasteiger partial charge in [-0.3, -0.25) is 4.57 Å². The van der Waals surface area contributed by atoms with Crippen molar-refractivity contribution in [3.63, 3.8) is 0 Å². The van der Waals surface area contributed by atoms with Crippen molar-refractivity contribution in [3.05, 3.63) is 46.9 Å². The minimum absolute atomic E-state index is 0.250. The fourth-order valence-corrected chi connectivity index (χ4v) is 4.39. The van der Waals surface area contributed by atoms with Gasteiger partial charge in [0.25, 0.3) is 0 Å². The van der Waals surface area contributed by atoms with Gasteiger partial charge < -0.3 is 10.8 Å². The van der Waals surface area contributed by atoms with Crippen LogP contribution in [0.25, 0.3) is 27.8 Å². The number of aromatic hydroxyl groups is 1. The average Bonchev–Trinajstić information content (AvgIpc) is 2.92. The molecule has 1 aliphatic rings. The van der Waals surface area contributed by atoms with Gasteiger partial charge in [-0.1, -0.05) is 12.5 Å². The molecule has 6 nitrogen and oxygen atoms in total. The van der Waals surface area contributed by atoms with Crippen molar-refractivity contribution in [1.82, 2.24) is 19.5 Å². The molecule has 0 atom stereocenters. The van der Waals surface area contributed by atoms with Gasteiger partial charge in [-0.25, -0.2) is 15.0 Å². The summed E-state index contributed by atoms with van der Waals surface area (Å²) in [6.45, 7) is 6.02. The fraction of sp³-hybridized carbons (Fsp3) is 0.318. The molecule has 3 aromatic heterocycles. The first-order valence-electron chi connectivity index (χ1n) is 9.69. The minimum Gasteiger partial charge on any atom is -0.508 e. The van der Waals surface area contributed by atoms with E-state index in [-0.39, 0.29) is 5.75 Å². The van der Waals surface area contributed by atoms with Crippen LogP contribution in [0, 0.1) is 20.8 Å². The van der Waals surface area contributed by atoms with E-state index in [1.807, 2.05) is 24.5 Å². The zero-order chi connectivity index (χ0) is 19.6. The van der Waals surface area contributed by atoms with Crippen LogP contribution in [0.4, 0.5) is 5.82 Å². The first-order valence-corrected chi connectivity index (χ1v) is 9.69. The van der Waals surface area contributed by atoms with Crippen molar-refractivity contribution < 1.29 is 5.11 Å². The molecule has 1 fully saturated rings. The third kappa shape index (κ3) is 2.24. The Balaban J connectivity index is 1.95. The number of nitrogens with zero attached hydrogens (tertiary/aromatic N) is 4. The highest BCUT2D eigenvalue weighted by molar-refractivity contribution is 6.11. The van der Waals surface area contributed by atoms with E-state index in [9.17, 15) is 5.11 Å². The molecule has 0 unspecified atom stereocenters. The average molecular weight is 373 g/mol. The number of fused-ring (bicyclic) bond motifs is 3. The molecule has 0 amide bonds. The number of phenolic OH excluding ortho intramolecular Hbond substituents is 1. The lowest BCUT2D eigenvalue weighted by Crippen LogP contribution is -2.11. The lowest BCUT2D eigenvalue weighted by molar-refractivity contribution is 0.417. The number of aryl methyl sites for hydroxylation is 2. The maximum Gasteiger partial charge on any atom is 0.152 e. The zero-order valence-corrected chi connectivity index (χ0v) is 16.3.